The van der Waals surface area contributed by atoms with E-state index in [1.165, 1.54) is 0 Å². The smallest absolute Gasteiger partial charge is 0.315 e. The second-order valence-corrected chi connectivity index (χ2v) is 10.8. The van der Waals surface area contributed by atoms with E-state index in [0.717, 1.165) is 50.7 Å². The normalized spacial score (nSPS) is 27.2. The number of nitrogens with zero attached hydrogens (tertiary/aromatic N) is 1. The first-order valence-electron chi connectivity index (χ1n) is 12.4. The Hall–Kier alpha value is -1.97. The molecule has 5 unspecified atom stereocenters. The van der Waals surface area contributed by atoms with Crippen molar-refractivity contribution < 1.29 is 19.2 Å². The van der Waals surface area contributed by atoms with Crippen molar-refractivity contribution in [3.63, 3.8) is 0 Å². The van der Waals surface area contributed by atoms with Crippen LogP contribution in [0, 0.1) is 5.92 Å². The molecule has 3 fully saturated rings. The maximum absolute atomic E-state index is 12.3. The first-order valence-corrected chi connectivity index (χ1v) is 13.5. The van der Waals surface area contributed by atoms with Crippen molar-refractivity contribution in [3.8, 4) is 0 Å². The van der Waals surface area contributed by atoms with Crippen LogP contribution >= 0.6 is 11.8 Å². The summed E-state index contributed by atoms with van der Waals surface area (Å²) in [6, 6.07) is -0.146. The quantitative estimate of drug-likeness (QED) is 0.220. The minimum atomic E-state index is -0.539. The number of amides is 5. The van der Waals surface area contributed by atoms with Crippen molar-refractivity contribution in [2.75, 3.05) is 18.8 Å². The van der Waals surface area contributed by atoms with Crippen molar-refractivity contribution in [1.29, 1.82) is 0 Å². The molecule has 3 aliphatic heterocycles. The van der Waals surface area contributed by atoms with Crippen LogP contribution < -0.4 is 21.7 Å². The number of nitrogens with two attached hydrogens (primary N) is 1. The van der Waals surface area contributed by atoms with Gasteiger partial charge in [0.2, 0.25) is 17.7 Å². The van der Waals surface area contributed by atoms with Gasteiger partial charge >= 0.3 is 6.03 Å². The van der Waals surface area contributed by atoms with Crippen LogP contribution in [0.5, 0.6) is 0 Å². The van der Waals surface area contributed by atoms with Crippen molar-refractivity contribution in [2.45, 2.75) is 94.5 Å². The molecule has 0 saturated carbocycles. The number of primary amides is 1. The summed E-state index contributed by atoms with van der Waals surface area (Å²) in [5.41, 5.74) is 5.58. The van der Waals surface area contributed by atoms with E-state index in [4.69, 9.17) is 5.73 Å². The lowest BCUT2D eigenvalue weighted by molar-refractivity contribution is -0.136. The summed E-state index contributed by atoms with van der Waals surface area (Å²) >= 11 is 1.90. The van der Waals surface area contributed by atoms with Gasteiger partial charge in [0.05, 0.1) is 12.1 Å². The molecule has 0 aromatic heterocycles. The largest absolute Gasteiger partial charge is 0.368 e. The van der Waals surface area contributed by atoms with Gasteiger partial charge in [0.25, 0.3) is 0 Å². The highest BCUT2D eigenvalue weighted by Crippen LogP contribution is 2.33. The molecule has 3 aliphatic rings. The summed E-state index contributed by atoms with van der Waals surface area (Å²) < 4.78 is 0. The van der Waals surface area contributed by atoms with Crippen LogP contribution in [0.2, 0.25) is 0 Å². The molecule has 9 nitrogen and oxygen atoms in total. The second kappa shape index (κ2) is 12.5. The molecule has 33 heavy (non-hydrogen) atoms. The number of unbranched alkanes of at least 4 members (excludes halogenated alkanes) is 2. The van der Waals surface area contributed by atoms with Gasteiger partial charge in [0.15, 0.2) is 0 Å². The predicted octanol–water partition coefficient (Wildman–Crippen LogP) is 1.50. The summed E-state index contributed by atoms with van der Waals surface area (Å²) in [4.78, 5) is 49.4. The standard InChI is InChI=1S/C23H39N5O4S/c1-2-7-15-12-20(30)28(13-15)17(22(24)31)8-5-6-11-25-19(29)10-4-3-9-18-21-16(14-33-18)26-23(32)27-21/h15-18,21H,2-14H2,1H3,(H2,24,31)(H,25,29)(H2,26,27,32). The number of rotatable bonds is 14. The predicted molar refractivity (Wildman–Crippen MR) is 129 cm³/mol. The monoisotopic (exact) mass is 481 g/mol. The fourth-order valence-corrected chi connectivity index (χ4v) is 6.76. The highest BCUT2D eigenvalue weighted by Gasteiger charge is 2.42. The fraction of sp³-hybridized carbons (Fsp3) is 0.826. The van der Waals surface area contributed by atoms with Crippen LogP contribution in [-0.4, -0.2) is 70.9 Å². The number of urea groups is 1. The lowest BCUT2D eigenvalue weighted by atomic mass is 10.0. The van der Waals surface area contributed by atoms with E-state index in [0.29, 0.717) is 43.5 Å². The van der Waals surface area contributed by atoms with E-state index in [9.17, 15) is 19.2 Å². The molecule has 186 valence electrons. The molecular weight excluding hydrogens is 442 g/mol. The van der Waals surface area contributed by atoms with Gasteiger partial charge in [-0.2, -0.15) is 11.8 Å². The first kappa shape index (κ1) is 25.6. The third-order valence-corrected chi connectivity index (χ3v) is 8.46. The Labute approximate surface area is 200 Å². The molecule has 3 saturated heterocycles. The third-order valence-electron chi connectivity index (χ3n) is 6.95. The van der Waals surface area contributed by atoms with E-state index in [2.05, 4.69) is 22.9 Å². The molecule has 0 bridgehead atoms. The molecule has 5 atom stereocenters. The summed E-state index contributed by atoms with van der Waals surface area (Å²) in [5, 5.41) is 9.32. The maximum Gasteiger partial charge on any atom is 0.315 e. The fourth-order valence-electron chi connectivity index (χ4n) is 5.22. The minimum absolute atomic E-state index is 0.0312. The highest BCUT2D eigenvalue weighted by molar-refractivity contribution is 8.00. The van der Waals surface area contributed by atoms with Crippen LogP contribution in [0.4, 0.5) is 4.79 Å². The zero-order valence-corrected chi connectivity index (χ0v) is 20.5. The molecule has 0 aliphatic carbocycles. The van der Waals surface area contributed by atoms with Crippen molar-refractivity contribution in [2.24, 2.45) is 11.7 Å². The van der Waals surface area contributed by atoms with Crippen LogP contribution in [0.25, 0.3) is 0 Å². The minimum Gasteiger partial charge on any atom is -0.368 e. The van der Waals surface area contributed by atoms with Gasteiger partial charge in [-0.05, 0) is 44.4 Å². The van der Waals surface area contributed by atoms with Crippen molar-refractivity contribution in [3.05, 3.63) is 0 Å². The molecular formula is C23H39N5O4S. The molecule has 5 N–H and O–H groups in total. The Balaban J connectivity index is 1.24. The number of thioether (sulfide) groups is 1. The zero-order chi connectivity index (χ0) is 23.8. The maximum atomic E-state index is 12.3. The van der Waals surface area contributed by atoms with Gasteiger partial charge in [-0.15, -0.1) is 0 Å². The van der Waals surface area contributed by atoms with E-state index < -0.39 is 11.9 Å². The summed E-state index contributed by atoms with van der Waals surface area (Å²) in [6.45, 7) is 3.29. The number of nitrogens with one attached hydrogen (secondary N) is 3. The summed E-state index contributed by atoms with van der Waals surface area (Å²) in [7, 11) is 0. The number of likely N-dealkylation sites (tertiary alicyclic amines) is 1. The molecule has 5 amide bonds. The number of hydrogen-bond acceptors (Lipinski definition) is 5. The van der Waals surface area contributed by atoms with Crippen LogP contribution in [0.3, 0.4) is 0 Å². The number of carbonyl (C=O) groups excluding carboxylic acids is 4. The molecule has 0 spiro atoms. The van der Waals surface area contributed by atoms with Crippen LogP contribution in [0.15, 0.2) is 0 Å². The Morgan fingerprint density at radius 3 is 2.76 bits per heavy atom. The number of hydrogen-bond donors (Lipinski definition) is 4. The SMILES string of the molecule is CCCC1CC(=O)N(C(CCCCNC(=O)CCCCC2SCC3NC(=O)NC32)C(N)=O)C1. The topological polar surface area (TPSA) is 134 Å². The second-order valence-electron chi connectivity index (χ2n) is 9.54. The molecule has 0 radical (unpaired) electrons. The van der Waals surface area contributed by atoms with E-state index in [-0.39, 0.29) is 29.9 Å². The van der Waals surface area contributed by atoms with E-state index >= 15 is 0 Å². The van der Waals surface area contributed by atoms with Gasteiger partial charge in [-0.1, -0.05) is 19.8 Å². The lowest BCUT2D eigenvalue weighted by Gasteiger charge is -2.25. The number of carbonyl (C=O) groups is 4. The lowest BCUT2D eigenvalue weighted by Crippen LogP contribution is -2.45. The summed E-state index contributed by atoms with van der Waals surface area (Å²) in [6.07, 6.45) is 7.88. The first-order chi connectivity index (χ1) is 15.9. The Morgan fingerprint density at radius 1 is 1.18 bits per heavy atom. The molecule has 10 heteroatoms. The van der Waals surface area contributed by atoms with Crippen LogP contribution in [0.1, 0.15) is 71.1 Å². The Morgan fingerprint density at radius 2 is 2.00 bits per heavy atom. The number of fused-ring (bicyclic) bond motifs is 1. The average molecular weight is 482 g/mol. The molecule has 0 aromatic rings. The van der Waals surface area contributed by atoms with Gasteiger partial charge in [-0.25, -0.2) is 4.79 Å². The van der Waals surface area contributed by atoms with E-state index in [1.54, 1.807) is 4.90 Å². The van der Waals surface area contributed by atoms with E-state index in [1.807, 2.05) is 11.8 Å². The van der Waals surface area contributed by atoms with Crippen molar-refractivity contribution in [1.82, 2.24) is 20.9 Å². The Bertz CT molecular complexity index is 721. The average Bonchev–Trinajstić information content (AvgIpc) is 3.42. The molecule has 3 heterocycles. The van der Waals surface area contributed by atoms with Gasteiger partial charge in [0, 0.05) is 36.9 Å². The van der Waals surface area contributed by atoms with Gasteiger partial charge < -0.3 is 26.6 Å². The molecule has 3 rings (SSSR count). The zero-order valence-electron chi connectivity index (χ0n) is 19.6. The van der Waals surface area contributed by atoms with Crippen LogP contribution in [-0.2, 0) is 14.4 Å². The summed E-state index contributed by atoms with van der Waals surface area (Å²) in [5.74, 6) is 0.918. The third kappa shape index (κ3) is 7.25. The Kier molecular flexibility index (Phi) is 9.70. The van der Waals surface area contributed by atoms with Gasteiger partial charge in [0.1, 0.15) is 6.04 Å². The van der Waals surface area contributed by atoms with Crippen molar-refractivity contribution >= 4 is 35.5 Å². The highest BCUT2D eigenvalue weighted by atomic mass is 32.2. The molecule has 0 aromatic carbocycles. The van der Waals surface area contributed by atoms with Gasteiger partial charge in [-0.3, -0.25) is 14.4 Å².